The number of rotatable bonds is 5. The summed E-state index contributed by atoms with van der Waals surface area (Å²) in [4.78, 5) is 11.6. The molecule has 0 amide bonds. The van der Waals surface area contributed by atoms with Crippen molar-refractivity contribution in [1.29, 1.82) is 0 Å². The molecule has 5 rings (SSSR count). The summed E-state index contributed by atoms with van der Waals surface area (Å²) in [5, 5.41) is 13.9. The zero-order valence-electron chi connectivity index (χ0n) is 16.6. The molecule has 0 bridgehead atoms. The van der Waals surface area contributed by atoms with Crippen molar-refractivity contribution in [1.82, 2.24) is 20.2 Å². The van der Waals surface area contributed by atoms with E-state index in [4.69, 9.17) is 9.72 Å². The third kappa shape index (κ3) is 3.80. The fourth-order valence-electron chi connectivity index (χ4n) is 3.71. The number of benzene rings is 1. The quantitative estimate of drug-likeness (QED) is 0.434. The summed E-state index contributed by atoms with van der Waals surface area (Å²) in [6.07, 6.45) is 3.92. The van der Waals surface area contributed by atoms with Gasteiger partial charge in [-0.15, -0.1) is 21.5 Å². The number of aromatic nitrogens is 4. The van der Waals surface area contributed by atoms with Crippen LogP contribution in [-0.4, -0.2) is 40.4 Å². The molecule has 0 spiro atoms. The monoisotopic (exact) mass is 435 g/mol. The lowest BCUT2D eigenvalue weighted by Gasteiger charge is -2.30. The fourth-order valence-corrected chi connectivity index (χ4v) is 5.57. The third-order valence-electron chi connectivity index (χ3n) is 5.32. The molecular formula is C22H21N5OS2. The maximum atomic E-state index is 5.49. The van der Waals surface area contributed by atoms with E-state index in [1.165, 1.54) is 5.01 Å². The van der Waals surface area contributed by atoms with Gasteiger partial charge in [0.1, 0.15) is 11.4 Å². The first kappa shape index (κ1) is 19.1. The molecule has 1 fully saturated rings. The van der Waals surface area contributed by atoms with Gasteiger partial charge >= 0.3 is 0 Å². The van der Waals surface area contributed by atoms with E-state index < -0.39 is 0 Å². The van der Waals surface area contributed by atoms with Crippen molar-refractivity contribution < 1.29 is 4.74 Å². The first-order valence-electron chi connectivity index (χ1n) is 9.90. The molecule has 4 heterocycles. The van der Waals surface area contributed by atoms with Gasteiger partial charge in [-0.1, -0.05) is 29.5 Å². The van der Waals surface area contributed by atoms with Gasteiger partial charge in [0.25, 0.3) is 0 Å². The molecule has 0 radical (unpaired) electrons. The zero-order chi connectivity index (χ0) is 20.3. The predicted octanol–water partition coefficient (Wildman–Crippen LogP) is 5.12. The van der Waals surface area contributed by atoms with Crippen molar-refractivity contribution in [3.05, 3.63) is 59.0 Å². The average molecular weight is 436 g/mol. The first-order valence-corrected chi connectivity index (χ1v) is 11.6. The molecule has 1 saturated heterocycles. The van der Waals surface area contributed by atoms with Gasteiger partial charge < -0.3 is 9.64 Å². The molecule has 1 aliphatic rings. The largest absolute Gasteiger partial charge is 0.496 e. The number of thiazole rings is 1. The summed E-state index contributed by atoms with van der Waals surface area (Å²) in [6.45, 7) is 1.93. The topological polar surface area (TPSA) is 64.0 Å². The Kier molecular flexibility index (Phi) is 5.42. The van der Waals surface area contributed by atoms with E-state index in [0.29, 0.717) is 5.92 Å². The molecule has 0 atom stereocenters. The average Bonchev–Trinajstić information content (AvgIpc) is 3.50. The number of anilines is 1. The number of methoxy groups -OCH3 is 1. The lowest BCUT2D eigenvalue weighted by atomic mass is 9.98. The van der Waals surface area contributed by atoms with Crippen LogP contribution in [0.4, 0.5) is 5.13 Å². The lowest BCUT2D eigenvalue weighted by molar-refractivity contribution is 0.416. The van der Waals surface area contributed by atoms with Gasteiger partial charge in [0.15, 0.2) is 5.01 Å². The predicted molar refractivity (Wildman–Crippen MR) is 121 cm³/mol. The zero-order valence-corrected chi connectivity index (χ0v) is 18.2. The summed E-state index contributed by atoms with van der Waals surface area (Å²) in [5.74, 6) is 1.35. The van der Waals surface area contributed by atoms with E-state index in [0.717, 1.165) is 58.8 Å². The van der Waals surface area contributed by atoms with Crippen molar-refractivity contribution in [2.75, 3.05) is 25.1 Å². The van der Waals surface area contributed by atoms with Gasteiger partial charge in [-0.2, -0.15) is 0 Å². The molecule has 0 unspecified atom stereocenters. The normalized spacial score (nSPS) is 14.8. The molecule has 8 heteroatoms. The summed E-state index contributed by atoms with van der Waals surface area (Å²) in [7, 11) is 1.70. The number of nitrogens with zero attached hydrogens (tertiary/aromatic N) is 5. The minimum absolute atomic E-state index is 0.484. The van der Waals surface area contributed by atoms with Crippen molar-refractivity contribution in [2.24, 2.45) is 0 Å². The highest BCUT2D eigenvalue weighted by atomic mass is 32.1. The first-order chi connectivity index (χ1) is 14.8. The molecule has 0 saturated carbocycles. The van der Waals surface area contributed by atoms with Crippen LogP contribution in [0.3, 0.4) is 0 Å². The third-order valence-corrected chi connectivity index (χ3v) is 7.33. The molecule has 30 heavy (non-hydrogen) atoms. The Morgan fingerprint density at radius 3 is 2.63 bits per heavy atom. The molecular weight excluding hydrogens is 414 g/mol. The highest BCUT2D eigenvalue weighted by Gasteiger charge is 2.25. The highest BCUT2D eigenvalue weighted by molar-refractivity contribution is 7.18. The van der Waals surface area contributed by atoms with Crippen LogP contribution in [0.25, 0.3) is 22.0 Å². The summed E-state index contributed by atoms with van der Waals surface area (Å²) >= 11 is 3.36. The number of ether oxygens (including phenoxy) is 1. The van der Waals surface area contributed by atoms with Crippen LogP contribution in [-0.2, 0) is 0 Å². The molecule has 6 nitrogen and oxygen atoms in total. The molecule has 3 aromatic heterocycles. The van der Waals surface area contributed by atoms with E-state index >= 15 is 0 Å². The maximum Gasteiger partial charge on any atom is 0.208 e. The van der Waals surface area contributed by atoms with E-state index in [1.807, 2.05) is 36.4 Å². The minimum Gasteiger partial charge on any atom is -0.496 e. The molecule has 0 N–H and O–H groups in total. The van der Waals surface area contributed by atoms with E-state index in [1.54, 1.807) is 36.0 Å². The van der Waals surface area contributed by atoms with Crippen LogP contribution in [0.15, 0.2) is 54.0 Å². The Morgan fingerprint density at radius 2 is 1.83 bits per heavy atom. The maximum absolute atomic E-state index is 5.49. The standard InChI is InChI=1S/C22H21N5OS2/c1-28-19-8-3-2-6-16(19)18-14-29-20(24-18)15-9-12-27(13-10-15)22-26-25-21(30-22)17-7-4-5-11-23-17/h2-8,11,14-15H,9-10,12-13H2,1H3. The molecule has 1 aliphatic heterocycles. The van der Waals surface area contributed by atoms with E-state index in [-0.39, 0.29) is 0 Å². The van der Waals surface area contributed by atoms with Crippen LogP contribution < -0.4 is 9.64 Å². The van der Waals surface area contributed by atoms with Crippen molar-refractivity contribution in [3.8, 4) is 27.7 Å². The van der Waals surface area contributed by atoms with Gasteiger partial charge in [0.05, 0.1) is 17.8 Å². The molecule has 0 aliphatic carbocycles. The molecule has 1 aromatic carbocycles. The Morgan fingerprint density at radius 1 is 1.00 bits per heavy atom. The summed E-state index contributed by atoms with van der Waals surface area (Å²) in [5.41, 5.74) is 2.93. The van der Waals surface area contributed by atoms with Crippen molar-refractivity contribution in [2.45, 2.75) is 18.8 Å². The van der Waals surface area contributed by atoms with Gasteiger partial charge in [0, 0.05) is 36.1 Å². The second-order valence-corrected chi connectivity index (χ2v) is 8.98. The SMILES string of the molecule is COc1ccccc1-c1csc(C2CCN(c3nnc(-c4ccccn4)s3)CC2)n1. The van der Waals surface area contributed by atoms with Gasteiger partial charge in [-0.3, -0.25) is 4.98 Å². The smallest absolute Gasteiger partial charge is 0.208 e. The second-order valence-electron chi connectivity index (χ2n) is 7.14. The van der Waals surface area contributed by atoms with Crippen LogP contribution in [0.1, 0.15) is 23.8 Å². The van der Waals surface area contributed by atoms with Gasteiger partial charge in [0.2, 0.25) is 5.13 Å². The van der Waals surface area contributed by atoms with E-state index in [2.05, 4.69) is 31.5 Å². The lowest BCUT2D eigenvalue weighted by Crippen LogP contribution is -2.32. The highest BCUT2D eigenvalue weighted by Crippen LogP contribution is 2.37. The minimum atomic E-state index is 0.484. The second kappa shape index (κ2) is 8.49. The number of para-hydroxylation sites is 1. The summed E-state index contributed by atoms with van der Waals surface area (Å²) in [6, 6.07) is 13.9. The Labute approximate surface area is 183 Å². The van der Waals surface area contributed by atoms with Gasteiger partial charge in [-0.25, -0.2) is 4.98 Å². The van der Waals surface area contributed by atoms with Crippen LogP contribution >= 0.6 is 22.7 Å². The van der Waals surface area contributed by atoms with Crippen molar-refractivity contribution in [3.63, 3.8) is 0 Å². The number of hydrogen-bond acceptors (Lipinski definition) is 8. The molecule has 152 valence electrons. The van der Waals surface area contributed by atoms with Crippen LogP contribution in [0.5, 0.6) is 5.75 Å². The van der Waals surface area contributed by atoms with E-state index in [9.17, 15) is 0 Å². The van der Waals surface area contributed by atoms with Gasteiger partial charge in [-0.05, 0) is 37.1 Å². The number of pyridine rings is 1. The molecule has 4 aromatic rings. The van der Waals surface area contributed by atoms with Crippen LogP contribution in [0, 0.1) is 0 Å². The van der Waals surface area contributed by atoms with Crippen LogP contribution in [0.2, 0.25) is 0 Å². The number of piperidine rings is 1. The fraction of sp³-hybridized carbons (Fsp3) is 0.273. The van der Waals surface area contributed by atoms with Crippen molar-refractivity contribution >= 4 is 27.8 Å². The Bertz CT molecular complexity index is 1120. The Balaban J connectivity index is 1.26. The summed E-state index contributed by atoms with van der Waals surface area (Å²) < 4.78 is 5.49. The Hall–Kier alpha value is -2.84. The number of hydrogen-bond donors (Lipinski definition) is 0.